The minimum atomic E-state index is -0.104. The molecule has 27 heavy (non-hydrogen) atoms. The van der Waals surface area contributed by atoms with Crippen molar-refractivity contribution in [3.63, 3.8) is 0 Å². The van der Waals surface area contributed by atoms with E-state index in [1.54, 1.807) is 7.11 Å². The van der Waals surface area contributed by atoms with E-state index in [1.807, 2.05) is 35.2 Å². The molecule has 1 aromatic heterocycles. The van der Waals surface area contributed by atoms with E-state index < -0.39 is 0 Å². The number of aryl methyl sites for hydroxylation is 1. The Morgan fingerprint density at radius 2 is 1.93 bits per heavy atom. The Morgan fingerprint density at radius 1 is 1.22 bits per heavy atom. The van der Waals surface area contributed by atoms with E-state index >= 15 is 0 Å². The second-order valence-corrected chi connectivity index (χ2v) is 7.44. The molecule has 1 aromatic carbocycles. The number of carbonyl (C=O) groups excluding carboxylic acids is 1. The number of nitrogens with zero attached hydrogens (tertiary/aromatic N) is 2. The second-order valence-electron chi connectivity index (χ2n) is 7.44. The summed E-state index contributed by atoms with van der Waals surface area (Å²) in [6.07, 6.45) is 0.824. The van der Waals surface area contributed by atoms with Gasteiger partial charge in [-0.2, -0.15) is 0 Å². The molecule has 6 heteroatoms. The van der Waals surface area contributed by atoms with Crippen LogP contribution in [0.25, 0.3) is 10.9 Å². The number of aromatic amines is 1. The number of methoxy groups -OCH3 is 1. The molecule has 2 unspecified atom stereocenters. The fraction of sp³-hybridized carbons (Fsp3) is 0.524. The summed E-state index contributed by atoms with van der Waals surface area (Å²) in [5.41, 5.74) is 1.39. The lowest BCUT2D eigenvalue weighted by Gasteiger charge is -2.44. The highest BCUT2D eigenvalue weighted by Crippen LogP contribution is 2.17. The summed E-state index contributed by atoms with van der Waals surface area (Å²) in [5.74, 6) is 0.118. The Labute approximate surface area is 160 Å². The van der Waals surface area contributed by atoms with Crippen molar-refractivity contribution in [1.29, 1.82) is 0 Å². The van der Waals surface area contributed by atoms with Gasteiger partial charge in [-0.25, -0.2) is 0 Å². The quantitative estimate of drug-likeness (QED) is 0.844. The molecule has 0 bridgehead atoms. The van der Waals surface area contributed by atoms with Crippen molar-refractivity contribution >= 4 is 16.8 Å². The maximum Gasteiger partial charge on any atom is 0.251 e. The van der Waals surface area contributed by atoms with Gasteiger partial charge in [0, 0.05) is 56.3 Å². The molecule has 146 valence electrons. The summed E-state index contributed by atoms with van der Waals surface area (Å²) in [4.78, 5) is 32.2. The molecule has 1 saturated heterocycles. The fourth-order valence-corrected chi connectivity index (χ4v) is 3.98. The number of piperazine rings is 1. The molecule has 2 heterocycles. The first-order valence-electron chi connectivity index (χ1n) is 9.63. The maximum atomic E-state index is 12.7. The molecule has 0 saturated carbocycles. The van der Waals surface area contributed by atoms with E-state index in [-0.39, 0.29) is 11.5 Å². The minimum absolute atomic E-state index is 0.104. The minimum Gasteiger partial charge on any atom is -0.383 e. The van der Waals surface area contributed by atoms with E-state index in [2.05, 4.69) is 23.7 Å². The van der Waals surface area contributed by atoms with E-state index in [0.717, 1.165) is 30.5 Å². The summed E-state index contributed by atoms with van der Waals surface area (Å²) in [6.45, 7) is 7.34. The summed E-state index contributed by atoms with van der Waals surface area (Å²) in [6, 6.07) is 10.2. The van der Waals surface area contributed by atoms with Crippen molar-refractivity contribution in [3.8, 4) is 0 Å². The number of pyridine rings is 1. The summed E-state index contributed by atoms with van der Waals surface area (Å²) >= 11 is 0. The number of hydrogen-bond acceptors (Lipinski definition) is 4. The van der Waals surface area contributed by atoms with Gasteiger partial charge in [-0.15, -0.1) is 0 Å². The van der Waals surface area contributed by atoms with Crippen LogP contribution in [0.4, 0.5) is 0 Å². The maximum absolute atomic E-state index is 12.7. The van der Waals surface area contributed by atoms with Crippen LogP contribution in [0.1, 0.15) is 25.8 Å². The fourth-order valence-electron chi connectivity index (χ4n) is 3.98. The molecule has 1 N–H and O–H groups in total. The van der Waals surface area contributed by atoms with Crippen LogP contribution in [-0.2, 0) is 16.0 Å². The zero-order valence-corrected chi connectivity index (χ0v) is 16.4. The lowest BCUT2D eigenvalue weighted by molar-refractivity contribution is -0.135. The Morgan fingerprint density at radius 3 is 2.63 bits per heavy atom. The number of hydrogen-bond donors (Lipinski definition) is 1. The van der Waals surface area contributed by atoms with E-state index in [4.69, 9.17) is 4.74 Å². The van der Waals surface area contributed by atoms with Crippen LogP contribution in [0.5, 0.6) is 0 Å². The number of fused-ring (bicyclic) bond motifs is 1. The Hall–Kier alpha value is -2.18. The van der Waals surface area contributed by atoms with Crippen molar-refractivity contribution in [3.05, 3.63) is 46.2 Å². The van der Waals surface area contributed by atoms with Crippen LogP contribution in [0.3, 0.4) is 0 Å². The number of benzene rings is 1. The molecule has 1 aliphatic heterocycles. The first-order valence-corrected chi connectivity index (χ1v) is 9.63. The Bertz CT molecular complexity index is 836. The zero-order chi connectivity index (χ0) is 19.4. The van der Waals surface area contributed by atoms with Crippen LogP contribution in [0, 0.1) is 0 Å². The van der Waals surface area contributed by atoms with Gasteiger partial charge in [0.15, 0.2) is 0 Å². The third-order valence-electron chi connectivity index (χ3n) is 5.45. The average Bonchev–Trinajstić information content (AvgIpc) is 2.65. The van der Waals surface area contributed by atoms with Gasteiger partial charge in [-0.3, -0.25) is 14.5 Å². The predicted octanol–water partition coefficient (Wildman–Crippen LogP) is 2.03. The number of nitrogens with one attached hydrogen (secondary N) is 1. The van der Waals surface area contributed by atoms with Gasteiger partial charge in [-0.1, -0.05) is 18.2 Å². The highest BCUT2D eigenvalue weighted by molar-refractivity contribution is 5.79. The van der Waals surface area contributed by atoms with Gasteiger partial charge in [0.05, 0.1) is 6.61 Å². The molecule has 6 nitrogen and oxygen atoms in total. The Kier molecular flexibility index (Phi) is 6.29. The van der Waals surface area contributed by atoms with Gasteiger partial charge in [-0.05, 0) is 37.8 Å². The lowest BCUT2D eigenvalue weighted by Crippen LogP contribution is -2.58. The second kappa shape index (κ2) is 8.67. The first-order chi connectivity index (χ1) is 13.0. The molecule has 1 amide bonds. The number of amides is 1. The smallest absolute Gasteiger partial charge is 0.251 e. The molecule has 2 aromatic rings. The summed E-state index contributed by atoms with van der Waals surface area (Å²) < 4.78 is 5.19. The van der Waals surface area contributed by atoms with Gasteiger partial charge < -0.3 is 14.6 Å². The Balaban J connectivity index is 1.61. The van der Waals surface area contributed by atoms with Crippen LogP contribution in [0.15, 0.2) is 35.1 Å². The third-order valence-corrected chi connectivity index (χ3v) is 5.45. The molecule has 0 radical (unpaired) electrons. The molecule has 3 rings (SSSR count). The molecular formula is C21H29N3O3. The average molecular weight is 371 g/mol. The highest BCUT2D eigenvalue weighted by Gasteiger charge is 2.31. The number of para-hydroxylation sites is 1. The summed E-state index contributed by atoms with van der Waals surface area (Å²) in [5, 5.41) is 0.994. The lowest BCUT2D eigenvalue weighted by atomic mass is 10.1. The van der Waals surface area contributed by atoms with Crippen molar-refractivity contribution in [2.75, 3.05) is 33.4 Å². The molecule has 1 aliphatic rings. The monoisotopic (exact) mass is 371 g/mol. The molecule has 1 fully saturated rings. The van der Waals surface area contributed by atoms with Crippen molar-refractivity contribution in [2.24, 2.45) is 0 Å². The molecule has 0 aliphatic carbocycles. The van der Waals surface area contributed by atoms with Crippen LogP contribution in [0.2, 0.25) is 0 Å². The number of aromatic nitrogens is 1. The largest absolute Gasteiger partial charge is 0.383 e. The first kappa shape index (κ1) is 19.6. The normalized spacial score (nSPS) is 20.9. The zero-order valence-electron chi connectivity index (χ0n) is 16.4. The van der Waals surface area contributed by atoms with Gasteiger partial charge in [0.1, 0.15) is 0 Å². The number of ether oxygens (including phenoxy) is 1. The van der Waals surface area contributed by atoms with Crippen molar-refractivity contribution in [1.82, 2.24) is 14.8 Å². The molecule has 0 spiro atoms. The SMILES string of the molecule is COCCN1C(C)CN(C(=O)CCc2cc3ccccc3[nH]c2=O)CC1C. The van der Waals surface area contributed by atoms with Crippen molar-refractivity contribution in [2.45, 2.75) is 38.8 Å². The van der Waals surface area contributed by atoms with E-state index in [1.165, 1.54) is 0 Å². The standard InChI is InChI=1S/C21H29N3O3/c1-15-13-23(14-16(2)24(15)10-11-27-3)20(25)9-8-18-12-17-6-4-5-7-19(17)22-21(18)26/h4-7,12,15-16H,8-11,13-14H2,1-3H3,(H,22,26). The van der Waals surface area contributed by atoms with Gasteiger partial charge in [0.2, 0.25) is 5.91 Å². The molecular weight excluding hydrogens is 342 g/mol. The van der Waals surface area contributed by atoms with Crippen LogP contribution < -0.4 is 5.56 Å². The highest BCUT2D eigenvalue weighted by atomic mass is 16.5. The molecule has 2 atom stereocenters. The van der Waals surface area contributed by atoms with Crippen molar-refractivity contribution < 1.29 is 9.53 Å². The van der Waals surface area contributed by atoms with Gasteiger partial charge in [0.25, 0.3) is 5.56 Å². The third kappa shape index (κ3) is 4.57. The number of rotatable bonds is 6. The van der Waals surface area contributed by atoms with Crippen LogP contribution in [-0.4, -0.2) is 66.1 Å². The number of H-pyrrole nitrogens is 1. The number of carbonyl (C=O) groups is 1. The van der Waals surface area contributed by atoms with Gasteiger partial charge >= 0.3 is 0 Å². The predicted molar refractivity (Wildman–Crippen MR) is 107 cm³/mol. The van der Waals surface area contributed by atoms with E-state index in [0.29, 0.717) is 37.1 Å². The van der Waals surface area contributed by atoms with Crippen LogP contribution >= 0.6 is 0 Å². The topological polar surface area (TPSA) is 65.6 Å². The van der Waals surface area contributed by atoms with E-state index in [9.17, 15) is 9.59 Å². The summed E-state index contributed by atoms with van der Waals surface area (Å²) in [7, 11) is 1.71.